The number of esters is 1. The van der Waals surface area contributed by atoms with E-state index in [4.69, 9.17) is 9.84 Å². The first-order valence-corrected chi connectivity index (χ1v) is 11.5. The second-order valence-electron chi connectivity index (χ2n) is 8.54. The molecule has 0 aliphatic heterocycles. The average Bonchev–Trinajstić information content (AvgIpc) is 3.32. The lowest BCUT2D eigenvalue weighted by atomic mass is 10.1. The molecule has 0 aliphatic carbocycles. The van der Waals surface area contributed by atoms with Crippen molar-refractivity contribution in [1.29, 1.82) is 0 Å². The van der Waals surface area contributed by atoms with Crippen LogP contribution in [0.25, 0.3) is 28.7 Å². The molecule has 0 atom stereocenters. The second kappa shape index (κ2) is 9.84. The molecule has 3 aromatic heterocycles. The van der Waals surface area contributed by atoms with E-state index >= 15 is 0 Å². The van der Waals surface area contributed by atoms with Crippen LogP contribution in [-0.2, 0) is 16.1 Å². The third-order valence-corrected chi connectivity index (χ3v) is 5.71. The summed E-state index contributed by atoms with van der Waals surface area (Å²) in [5, 5.41) is 4.76. The Morgan fingerprint density at radius 3 is 2.47 bits per heavy atom. The van der Waals surface area contributed by atoms with E-state index in [1.54, 1.807) is 23.0 Å². The molecule has 0 spiro atoms. The van der Waals surface area contributed by atoms with Crippen molar-refractivity contribution in [2.75, 3.05) is 0 Å². The molecule has 0 saturated heterocycles. The SMILES string of the molecule is Cc1ccc(-c2nn(-c3ccccc3)cc2C=CC(=O)OCc2cc(=O)n3cc(C)ccc3n2)cc1. The number of nitrogens with zero attached hydrogens (tertiary/aromatic N) is 4. The molecule has 0 bridgehead atoms. The lowest BCUT2D eigenvalue weighted by Gasteiger charge is -2.05. The van der Waals surface area contributed by atoms with E-state index in [1.807, 2.05) is 80.7 Å². The van der Waals surface area contributed by atoms with Crippen molar-refractivity contribution in [3.63, 3.8) is 0 Å². The summed E-state index contributed by atoms with van der Waals surface area (Å²) in [6.45, 7) is 3.84. The lowest BCUT2D eigenvalue weighted by Crippen LogP contribution is -2.16. The molecule has 0 fully saturated rings. The summed E-state index contributed by atoms with van der Waals surface area (Å²) in [5.74, 6) is -0.539. The summed E-state index contributed by atoms with van der Waals surface area (Å²) < 4.78 is 8.62. The monoisotopic (exact) mass is 476 g/mol. The lowest BCUT2D eigenvalue weighted by molar-refractivity contribution is -0.139. The minimum absolute atomic E-state index is 0.100. The zero-order chi connectivity index (χ0) is 25.1. The van der Waals surface area contributed by atoms with Crippen LogP contribution in [0.1, 0.15) is 22.4 Å². The van der Waals surface area contributed by atoms with E-state index < -0.39 is 5.97 Å². The van der Waals surface area contributed by atoms with Gasteiger partial charge in [0.15, 0.2) is 0 Å². The molecule has 0 saturated carbocycles. The van der Waals surface area contributed by atoms with Crippen molar-refractivity contribution in [1.82, 2.24) is 19.2 Å². The highest BCUT2D eigenvalue weighted by Crippen LogP contribution is 2.25. The van der Waals surface area contributed by atoms with Crippen molar-refractivity contribution in [3.8, 4) is 16.9 Å². The van der Waals surface area contributed by atoms with Gasteiger partial charge in [-0.25, -0.2) is 14.5 Å². The van der Waals surface area contributed by atoms with Crippen LogP contribution in [0, 0.1) is 13.8 Å². The highest BCUT2D eigenvalue weighted by atomic mass is 16.5. The van der Waals surface area contributed by atoms with E-state index in [-0.39, 0.29) is 12.2 Å². The van der Waals surface area contributed by atoms with Crippen molar-refractivity contribution >= 4 is 17.7 Å². The number of aromatic nitrogens is 4. The maximum absolute atomic E-state index is 12.5. The molecular weight excluding hydrogens is 452 g/mol. The van der Waals surface area contributed by atoms with Gasteiger partial charge in [-0.3, -0.25) is 9.20 Å². The molecule has 2 aromatic carbocycles. The maximum Gasteiger partial charge on any atom is 0.331 e. The van der Waals surface area contributed by atoms with Crippen LogP contribution >= 0.6 is 0 Å². The first kappa shape index (κ1) is 23.0. The Kier molecular flexibility index (Phi) is 6.28. The number of para-hydroxylation sites is 1. The quantitative estimate of drug-likeness (QED) is 0.257. The van der Waals surface area contributed by atoms with Crippen LogP contribution in [0.4, 0.5) is 0 Å². The second-order valence-corrected chi connectivity index (χ2v) is 8.54. The van der Waals surface area contributed by atoms with E-state index in [0.717, 1.165) is 33.6 Å². The minimum Gasteiger partial charge on any atom is -0.456 e. The van der Waals surface area contributed by atoms with Gasteiger partial charge < -0.3 is 4.74 Å². The predicted molar refractivity (Wildman–Crippen MR) is 139 cm³/mol. The minimum atomic E-state index is -0.539. The van der Waals surface area contributed by atoms with Crippen LogP contribution in [0.3, 0.4) is 0 Å². The van der Waals surface area contributed by atoms with E-state index in [0.29, 0.717) is 11.3 Å². The zero-order valence-electron chi connectivity index (χ0n) is 20.0. The summed E-state index contributed by atoms with van der Waals surface area (Å²) >= 11 is 0. The molecule has 36 heavy (non-hydrogen) atoms. The number of pyridine rings is 1. The Hall–Kier alpha value is -4.78. The molecule has 7 heteroatoms. The van der Waals surface area contributed by atoms with Gasteiger partial charge in [-0.1, -0.05) is 54.1 Å². The molecule has 3 heterocycles. The number of hydrogen-bond donors (Lipinski definition) is 0. The van der Waals surface area contributed by atoms with Crippen LogP contribution in [-0.4, -0.2) is 25.1 Å². The summed E-state index contributed by atoms with van der Waals surface area (Å²) in [6.07, 6.45) is 6.66. The summed E-state index contributed by atoms with van der Waals surface area (Å²) in [4.78, 5) is 29.3. The molecule has 5 rings (SSSR count). The average molecular weight is 477 g/mol. The fraction of sp³-hybridized carbons (Fsp3) is 0.103. The van der Waals surface area contributed by atoms with Crippen molar-refractivity contribution in [2.24, 2.45) is 0 Å². The van der Waals surface area contributed by atoms with Crippen LogP contribution in [0.2, 0.25) is 0 Å². The Morgan fingerprint density at radius 1 is 0.944 bits per heavy atom. The summed E-state index contributed by atoms with van der Waals surface area (Å²) in [7, 11) is 0. The third-order valence-electron chi connectivity index (χ3n) is 5.71. The number of aryl methyl sites for hydroxylation is 2. The number of rotatable bonds is 6. The van der Waals surface area contributed by atoms with Crippen LogP contribution in [0.15, 0.2) is 96.1 Å². The highest BCUT2D eigenvalue weighted by Gasteiger charge is 2.12. The number of ether oxygens (including phenoxy) is 1. The van der Waals surface area contributed by atoms with Crippen molar-refractivity contribution in [2.45, 2.75) is 20.5 Å². The van der Waals surface area contributed by atoms with E-state index in [2.05, 4.69) is 4.98 Å². The van der Waals surface area contributed by atoms with Gasteiger partial charge in [-0.15, -0.1) is 0 Å². The number of carbonyl (C=O) groups is 1. The molecule has 7 nitrogen and oxygen atoms in total. The molecule has 0 radical (unpaired) electrons. The molecular formula is C29H24N4O3. The zero-order valence-corrected chi connectivity index (χ0v) is 20.0. The standard InChI is InChI=1S/C29H24N4O3/c1-20-8-11-22(12-9-20)29-23(18-33(31-29)25-6-4-3-5-7-25)13-15-28(35)36-19-24-16-27(34)32-17-21(2)10-14-26(32)30-24/h3-18H,19H2,1-2H3. The van der Waals surface area contributed by atoms with Gasteiger partial charge in [0.05, 0.1) is 17.1 Å². The Labute approximate surface area is 207 Å². The van der Waals surface area contributed by atoms with Gasteiger partial charge in [-0.2, -0.15) is 5.10 Å². The normalized spacial score (nSPS) is 11.3. The maximum atomic E-state index is 12.5. The van der Waals surface area contributed by atoms with Gasteiger partial charge >= 0.3 is 5.97 Å². The summed E-state index contributed by atoms with van der Waals surface area (Å²) in [6, 6.07) is 22.9. The van der Waals surface area contributed by atoms with Crippen LogP contribution in [0.5, 0.6) is 0 Å². The van der Waals surface area contributed by atoms with Gasteiger partial charge in [-0.05, 0) is 43.7 Å². The molecule has 0 N–H and O–H groups in total. The molecule has 0 unspecified atom stereocenters. The number of fused-ring (bicyclic) bond motifs is 1. The van der Waals surface area contributed by atoms with Gasteiger partial charge in [0.1, 0.15) is 12.3 Å². The van der Waals surface area contributed by atoms with Gasteiger partial charge in [0, 0.05) is 35.7 Å². The smallest absolute Gasteiger partial charge is 0.331 e. The first-order chi connectivity index (χ1) is 17.5. The predicted octanol–water partition coefficient (Wildman–Crippen LogP) is 4.92. The van der Waals surface area contributed by atoms with E-state index in [1.165, 1.54) is 16.5 Å². The Bertz CT molecular complexity index is 1630. The molecule has 0 amide bonds. The largest absolute Gasteiger partial charge is 0.456 e. The van der Waals surface area contributed by atoms with Gasteiger partial charge in [0.2, 0.25) is 0 Å². The molecule has 178 valence electrons. The third kappa shape index (κ3) is 5.00. The van der Waals surface area contributed by atoms with Gasteiger partial charge in [0.25, 0.3) is 5.56 Å². The fourth-order valence-electron chi connectivity index (χ4n) is 3.84. The topological polar surface area (TPSA) is 78.5 Å². The number of hydrogen-bond acceptors (Lipinski definition) is 5. The van der Waals surface area contributed by atoms with E-state index in [9.17, 15) is 9.59 Å². The number of carbonyl (C=O) groups excluding carboxylic acids is 1. The Balaban J connectivity index is 1.37. The first-order valence-electron chi connectivity index (χ1n) is 11.5. The highest BCUT2D eigenvalue weighted by molar-refractivity contribution is 5.88. The summed E-state index contributed by atoms with van der Waals surface area (Å²) in [5.41, 5.74) is 6.17. The molecule has 0 aliphatic rings. The van der Waals surface area contributed by atoms with Crippen molar-refractivity contribution in [3.05, 3.63) is 124 Å². The van der Waals surface area contributed by atoms with Crippen molar-refractivity contribution < 1.29 is 9.53 Å². The Morgan fingerprint density at radius 2 is 1.69 bits per heavy atom. The number of benzene rings is 2. The van der Waals surface area contributed by atoms with Crippen LogP contribution < -0.4 is 5.56 Å². The fourth-order valence-corrected chi connectivity index (χ4v) is 3.84. The molecule has 5 aromatic rings.